The quantitative estimate of drug-likeness (QED) is 0.640. The van der Waals surface area contributed by atoms with Crippen molar-refractivity contribution < 1.29 is 14.3 Å². The topological polar surface area (TPSA) is 54.6 Å². The highest BCUT2D eigenvalue weighted by molar-refractivity contribution is 9.10. The van der Waals surface area contributed by atoms with Crippen molar-refractivity contribution in [3.63, 3.8) is 0 Å². The standard InChI is InChI=1S/C21H21BrN2O3/c1-26-15-6-7-16(20(12-15)27-2)19-4-3-9-24(19)21(25)18-11-13-10-14(22)5-8-17(13)23-18/h5-8,10-12,19,23H,3-4,9H2,1-2H3. The molecule has 2 aromatic carbocycles. The van der Waals surface area contributed by atoms with E-state index in [0.29, 0.717) is 5.69 Å². The Morgan fingerprint density at radius 1 is 1.15 bits per heavy atom. The Morgan fingerprint density at radius 2 is 2.00 bits per heavy atom. The van der Waals surface area contributed by atoms with Gasteiger partial charge < -0.3 is 19.4 Å². The molecule has 1 saturated heterocycles. The number of hydrogen-bond acceptors (Lipinski definition) is 3. The van der Waals surface area contributed by atoms with Crippen LogP contribution in [0.5, 0.6) is 11.5 Å². The summed E-state index contributed by atoms with van der Waals surface area (Å²) in [6.45, 7) is 0.734. The molecule has 140 valence electrons. The number of carbonyl (C=O) groups excluding carboxylic acids is 1. The maximum absolute atomic E-state index is 13.2. The molecular formula is C21H21BrN2O3. The minimum absolute atomic E-state index is 0.00324. The van der Waals surface area contributed by atoms with Gasteiger partial charge in [0, 0.05) is 33.6 Å². The summed E-state index contributed by atoms with van der Waals surface area (Å²) in [4.78, 5) is 18.4. The normalized spacial score (nSPS) is 16.7. The average molecular weight is 429 g/mol. The monoisotopic (exact) mass is 428 g/mol. The third-order valence-corrected chi connectivity index (χ3v) is 5.62. The minimum Gasteiger partial charge on any atom is -0.497 e. The lowest BCUT2D eigenvalue weighted by Crippen LogP contribution is -2.31. The molecule has 27 heavy (non-hydrogen) atoms. The van der Waals surface area contributed by atoms with Gasteiger partial charge in [0.2, 0.25) is 0 Å². The number of H-pyrrole nitrogens is 1. The molecule has 6 heteroatoms. The third kappa shape index (κ3) is 3.30. The van der Waals surface area contributed by atoms with Gasteiger partial charge in [-0.2, -0.15) is 0 Å². The molecule has 3 aromatic rings. The molecule has 0 spiro atoms. The van der Waals surface area contributed by atoms with Gasteiger partial charge in [-0.3, -0.25) is 4.79 Å². The molecular weight excluding hydrogens is 408 g/mol. The zero-order valence-electron chi connectivity index (χ0n) is 15.3. The lowest BCUT2D eigenvalue weighted by Gasteiger charge is -2.26. The van der Waals surface area contributed by atoms with Gasteiger partial charge in [0.05, 0.1) is 20.3 Å². The maximum atomic E-state index is 13.2. The van der Waals surface area contributed by atoms with Crippen molar-refractivity contribution in [1.29, 1.82) is 0 Å². The van der Waals surface area contributed by atoms with Gasteiger partial charge in [0.15, 0.2) is 0 Å². The van der Waals surface area contributed by atoms with E-state index in [2.05, 4.69) is 20.9 Å². The Kier molecular flexibility index (Phi) is 4.83. The highest BCUT2D eigenvalue weighted by atomic mass is 79.9. The van der Waals surface area contributed by atoms with Gasteiger partial charge >= 0.3 is 0 Å². The summed E-state index contributed by atoms with van der Waals surface area (Å²) >= 11 is 3.48. The lowest BCUT2D eigenvalue weighted by atomic mass is 10.0. The first-order valence-corrected chi connectivity index (χ1v) is 9.71. The molecule has 2 heterocycles. The fraction of sp³-hybridized carbons (Fsp3) is 0.286. The van der Waals surface area contributed by atoms with Crippen LogP contribution in [0, 0.1) is 0 Å². The van der Waals surface area contributed by atoms with Gasteiger partial charge in [0.25, 0.3) is 5.91 Å². The van der Waals surface area contributed by atoms with E-state index >= 15 is 0 Å². The number of amides is 1. The number of aromatic nitrogens is 1. The largest absolute Gasteiger partial charge is 0.497 e. The highest BCUT2D eigenvalue weighted by Gasteiger charge is 2.33. The number of nitrogens with one attached hydrogen (secondary N) is 1. The molecule has 0 bridgehead atoms. The number of halogens is 1. The molecule has 0 radical (unpaired) electrons. The van der Waals surface area contributed by atoms with Crippen LogP contribution >= 0.6 is 15.9 Å². The number of fused-ring (bicyclic) bond motifs is 1. The van der Waals surface area contributed by atoms with Crippen molar-refractivity contribution in [2.45, 2.75) is 18.9 Å². The van der Waals surface area contributed by atoms with Crippen LogP contribution in [0.2, 0.25) is 0 Å². The predicted molar refractivity (Wildman–Crippen MR) is 109 cm³/mol. The predicted octanol–water partition coefficient (Wildman–Crippen LogP) is 4.92. The van der Waals surface area contributed by atoms with E-state index in [-0.39, 0.29) is 11.9 Å². The second-order valence-corrected chi connectivity index (χ2v) is 7.59. The SMILES string of the molecule is COc1ccc(C2CCCN2C(=O)c2cc3cc(Br)ccc3[nH]2)c(OC)c1. The van der Waals surface area contributed by atoms with Gasteiger partial charge in [-0.05, 0) is 49.2 Å². The van der Waals surface area contributed by atoms with Crippen molar-refractivity contribution >= 4 is 32.7 Å². The second kappa shape index (κ2) is 7.27. The highest BCUT2D eigenvalue weighted by Crippen LogP contribution is 2.39. The molecule has 1 amide bonds. The molecule has 1 aliphatic heterocycles. The van der Waals surface area contributed by atoms with Crippen molar-refractivity contribution in [1.82, 2.24) is 9.88 Å². The number of carbonyl (C=O) groups is 1. The van der Waals surface area contributed by atoms with Crippen LogP contribution in [-0.4, -0.2) is 36.6 Å². The molecule has 4 rings (SSSR count). The molecule has 0 aliphatic carbocycles. The number of nitrogens with zero attached hydrogens (tertiary/aromatic N) is 1. The van der Waals surface area contributed by atoms with Crippen LogP contribution < -0.4 is 9.47 Å². The second-order valence-electron chi connectivity index (χ2n) is 6.68. The number of hydrogen-bond donors (Lipinski definition) is 1. The van der Waals surface area contributed by atoms with Crippen molar-refractivity contribution in [2.75, 3.05) is 20.8 Å². The maximum Gasteiger partial charge on any atom is 0.270 e. The molecule has 0 saturated carbocycles. The van der Waals surface area contributed by atoms with E-state index in [9.17, 15) is 4.79 Å². The van der Waals surface area contributed by atoms with E-state index in [4.69, 9.17) is 9.47 Å². The first-order chi connectivity index (χ1) is 13.1. The minimum atomic E-state index is -0.00324. The molecule has 1 unspecified atom stereocenters. The van der Waals surface area contributed by atoms with Crippen LogP contribution in [-0.2, 0) is 0 Å². The van der Waals surface area contributed by atoms with E-state index in [1.165, 1.54) is 0 Å². The van der Waals surface area contributed by atoms with Gasteiger partial charge in [-0.15, -0.1) is 0 Å². The van der Waals surface area contributed by atoms with E-state index in [1.807, 2.05) is 47.4 Å². The lowest BCUT2D eigenvalue weighted by molar-refractivity contribution is 0.0729. The number of likely N-dealkylation sites (tertiary alicyclic amines) is 1. The molecule has 1 N–H and O–H groups in total. The zero-order chi connectivity index (χ0) is 19.0. The van der Waals surface area contributed by atoms with Gasteiger partial charge in [0.1, 0.15) is 17.2 Å². The summed E-state index contributed by atoms with van der Waals surface area (Å²) in [5, 5.41) is 1.02. The van der Waals surface area contributed by atoms with Gasteiger partial charge in [-0.1, -0.05) is 15.9 Å². The van der Waals surface area contributed by atoms with Crippen LogP contribution in [0.15, 0.2) is 46.9 Å². The summed E-state index contributed by atoms with van der Waals surface area (Å²) in [5.74, 6) is 1.51. The van der Waals surface area contributed by atoms with Crippen LogP contribution in [0.1, 0.15) is 34.9 Å². The van der Waals surface area contributed by atoms with E-state index < -0.39 is 0 Å². The Bertz CT molecular complexity index is 998. The van der Waals surface area contributed by atoms with Crippen LogP contribution in [0.4, 0.5) is 0 Å². The average Bonchev–Trinajstić information content (AvgIpc) is 3.33. The number of benzene rings is 2. The number of ether oxygens (including phenoxy) is 2. The Balaban J connectivity index is 1.67. The summed E-state index contributed by atoms with van der Waals surface area (Å²) in [6.07, 6.45) is 1.89. The van der Waals surface area contributed by atoms with Gasteiger partial charge in [-0.25, -0.2) is 0 Å². The van der Waals surface area contributed by atoms with Crippen LogP contribution in [0.25, 0.3) is 10.9 Å². The first-order valence-electron chi connectivity index (χ1n) is 8.92. The van der Waals surface area contributed by atoms with E-state index in [1.54, 1.807) is 14.2 Å². The molecule has 1 aromatic heterocycles. The number of rotatable bonds is 4. The number of aromatic amines is 1. The van der Waals surface area contributed by atoms with Crippen molar-refractivity contribution in [3.8, 4) is 11.5 Å². The summed E-state index contributed by atoms with van der Waals surface area (Å²) in [5.41, 5.74) is 2.59. The van der Waals surface area contributed by atoms with E-state index in [0.717, 1.165) is 51.8 Å². The zero-order valence-corrected chi connectivity index (χ0v) is 16.9. The molecule has 1 aliphatic rings. The smallest absolute Gasteiger partial charge is 0.270 e. The Hall–Kier alpha value is -2.47. The van der Waals surface area contributed by atoms with Crippen molar-refractivity contribution in [3.05, 3.63) is 58.2 Å². The molecule has 1 atom stereocenters. The molecule has 5 nitrogen and oxygen atoms in total. The summed E-state index contributed by atoms with van der Waals surface area (Å²) in [7, 11) is 3.28. The van der Waals surface area contributed by atoms with Crippen LogP contribution in [0.3, 0.4) is 0 Å². The third-order valence-electron chi connectivity index (χ3n) is 5.13. The Labute approximate surface area is 166 Å². The molecule has 1 fully saturated rings. The Morgan fingerprint density at radius 3 is 2.78 bits per heavy atom. The van der Waals surface area contributed by atoms with Crippen molar-refractivity contribution in [2.24, 2.45) is 0 Å². The first kappa shape index (κ1) is 17.9. The number of methoxy groups -OCH3 is 2. The fourth-order valence-corrected chi connectivity index (χ4v) is 4.18. The fourth-order valence-electron chi connectivity index (χ4n) is 3.80. The summed E-state index contributed by atoms with van der Waals surface area (Å²) in [6, 6.07) is 13.7. The summed E-state index contributed by atoms with van der Waals surface area (Å²) < 4.78 is 11.9.